The van der Waals surface area contributed by atoms with Gasteiger partial charge in [0, 0.05) is 26.0 Å². The third-order valence-corrected chi connectivity index (χ3v) is 4.79. The van der Waals surface area contributed by atoms with Crippen LogP contribution < -0.4 is 0 Å². The molecular weight excluding hydrogens is 258 g/mol. The molecule has 0 radical (unpaired) electrons. The predicted octanol–water partition coefficient (Wildman–Crippen LogP) is 0.525. The summed E-state index contributed by atoms with van der Waals surface area (Å²) in [5.74, 6) is -0.0976. The first-order valence-corrected chi connectivity index (χ1v) is 7.29. The number of carbonyl (C=O) groups excluding carboxylic acids is 3. The van der Waals surface area contributed by atoms with Gasteiger partial charge in [0.2, 0.25) is 11.8 Å². The third kappa shape index (κ3) is 2.00. The van der Waals surface area contributed by atoms with Crippen molar-refractivity contribution in [3.05, 3.63) is 12.2 Å². The molecule has 108 valence electrons. The van der Waals surface area contributed by atoms with Gasteiger partial charge in [-0.05, 0) is 24.7 Å². The van der Waals surface area contributed by atoms with Crippen molar-refractivity contribution < 1.29 is 19.5 Å². The largest absolute Gasteiger partial charge is 0.396 e. The van der Waals surface area contributed by atoms with E-state index in [2.05, 4.69) is 12.2 Å². The van der Waals surface area contributed by atoms with Crippen molar-refractivity contribution in [2.75, 3.05) is 13.2 Å². The number of hydrogen-bond donors (Lipinski definition) is 1. The summed E-state index contributed by atoms with van der Waals surface area (Å²) in [6, 6.07) is 0. The highest BCUT2D eigenvalue weighted by molar-refractivity contribution is 6.06. The van der Waals surface area contributed by atoms with Gasteiger partial charge < -0.3 is 5.11 Å². The Hall–Kier alpha value is -1.49. The normalized spacial score (nSPS) is 34.1. The second-order valence-corrected chi connectivity index (χ2v) is 5.94. The zero-order valence-electron chi connectivity index (χ0n) is 11.3. The fourth-order valence-corrected chi connectivity index (χ4v) is 3.82. The molecule has 4 unspecified atom stereocenters. The minimum Gasteiger partial charge on any atom is -0.396 e. The average Bonchev–Trinajstić information content (AvgIpc) is 3.10. The van der Waals surface area contributed by atoms with Gasteiger partial charge in [-0.1, -0.05) is 12.2 Å². The molecular formula is C15H19NO4. The van der Waals surface area contributed by atoms with Crippen LogP contribution in [0.2, 0.25) is 0 Å². The molecule has 2 fully saturated rings. The monoisotopic (exact) mass is 277 g/mol. The molecule has 0 spiro atoms. The second kappa shape index (κ2) is 5.13. The molecule has 0 aromatic rings. The topological polar surface area (TPSA) is 74.7 Å². The molecule has 5 heteroatoms. The summed E-state index contributed by atoms with van der Waals surface area (Å²) in [5, 5.41) is 8.68. The number of likely N-dealkylation sites (tertiary alicyclic amines) is 1. The molecule has 0 aromatic heterocycles. The van der Waals surface area contributed by atoms with E-state index in [1.54, 1.807) is 0 Å². The van der Waals surface area contributed by atoms with E-state index in [0.717, 1.165) is 6.42 Å². The van der Waals surface area contributed by atoms with Crippen molar-refractivity contribution in [3.63, 3.8) is 0 Å². The molecule has 0 aromatic carbocycles. The molecule has 20 heavy (non-hydrogen) atoms. The van der Waals surface area contributed by atoms with Crippen molar-refractivity contribution in [2.24, 2.45) is 23.7 Å². The molecule has 1 saturated heterocycles. The Morgan fingerprint density at radius 1 is 1.15 bits per heavy atom. The predicted molar refractivity (Wildman–Crippen MR) is 70.4 cm³/mol. The SMILES string of the molecule is O=C(CCCO)CCN1C(=O)C2C3C=CC(C3)C2C1=O. The number of ketones is 1. The lowest BCUT2D eigenvalue weighted by Crippen LogP contribution is -2.34. The van der Waals surface area contributed by atoms with Crippen LogP contribution >= 0.6 is 0 Å². The fraction of sp³-hybridized carbons (Fsp3) is 0.667. The highest BCUT2D eigenvalue weighted by Crippen LogP contribution is 2.52. The number of aliphatic hydroxyl groups is 1. The Bertz CT molecular complexity index is 454. The zero-order valence-corrected chi connectivity index (χ0v) is 11.3. The van der Waals surface area contributed by atoms with Crippen LogP contribution in [0.15, 0.2) is 12.2 Å². The third-order valence-electron chi connectivity index (χ3n) is 4.79. The number of allylic oxidation sites excluding steroid dienone is 2. The summed E-state index contributed by atoms with van der Waals surface area (Å²) in [6.07, 6.45) is 6.02. The number of amides is 2. The number of carbonyl (C=O) groups is 3. The molecule has 3 aliphatic rings. The number of Topliss-reactive ketones (excluding diaryl/α,β-unsaturated/α-hetero) is 1. The smallest absolute Gasteiger partial charge is 0.233 e. The van der Waals surface area contributed by atoms with Crippen LogP contribution in [0.1, 0.15) is 25.7 Å². The van der Waals surface area contributed by atoms with Crippen molar-refractivity contribution >= 4 is 17.6 Å². The van der Waals surface area contributed by atoms with E-state index < -0.39 is 0 Å². The van der Waals surface area contributed by atoms with E-state index in [-0.39, 0.29) is 60.8 Å². The Balaban J connectivity index is 1.61. The van der Waals surface area contributed by atoms with Gasteiger partial charge in [0.25, 0.3) is 0 Å². The maximum absolute atomic E-state index is 12.3. The molecule has 2 aliphatic carbocycles. The van der Waals surface area contributed by atoms with Gasteiger partial charge in [0.05, 0.1) is 11.8 Å². The molecule has 1 N–H and O–H groups in total. The summed E-state index contributed by atoms with van der Waals surface area (Å²) < 4.78 is 0. The molecule has 1 heterocycles. The van der Waals surface area contributed by atoms with E-state index in [1.807, 2.05) is 0 Å². The number of rotatable bonds is 6. The first kappa shape index (κ1) is 13.5. The molecule has 3 rings (SSSR count). The lowest BCUT2D eigenvalue weighted by atomic mass is 9.85. The average molecular weight is 277 g/mol. The van der Waals surface area contributed by atoms with Crippen molar-refractivity contribution in [2.45, 2.75) is 25.7 Å². The van der Waals surface area contributed by atoms with E-state index >= 15 is 0 Å². The van der Waals surface area contributed by atoms with Gasteiger partial charge in [-0.3, -0.25) is 19.3 Å². The van der Waals surface area contributed by atoms with Gasteiger partial charge in [-0.15, -0.1) is 0 Å². The minimum atomic E-state index is -0.176. The number of hydrogen-bond acceptors (Lipinski definition) is 4. The van der Waals surface area contributed by atoms with Crippen molar-refractivity contribution in [1.82, 2.24) is 4.90 Å². The number of imide groups is 1. The van der Waals surface area contributed by atoms with Gasteiger partial charge in [-0.2, -0.15) is 0 Å². The number of nitrogens with zero attached hydrogens (tertiary/aromatic N) is 1. The molecule has 2 amide bonds. The Morgan fingerprint density at radius 2 is 1.75 bits per heavy atom. The van der Waals surface area contributed by atoms with Crippen molar-refractivity contribution in [3.8, 4) is 0 Å². The van der Waals surface area contributed by atoms with Gasteiger partial charge in [0.15, 0.2) is 0 Å². The molecule has 4 atom stereocenters. The second-order valence-electron chi connectivity index (χ2n) is 5.94. The highest BCUT2D eigenvalue weighted by atomic mass is 16.3. The lowest BCUT2D eigenvalue weighted by Gasteiger charge is -2.16. The van der Waals surface area contributed by atoms with Crippen LogP contribution in [0.5, 0.6) is 0 Å². The maximum Gasteiger partial charge on any atom is 0.233 e. The van der Waals surface area contributed by atoms with Gasteiger partial charge >= 0.3 is 0 Å². The van der Waals surface area contributed by atoms with Gasteiger partial charge in [-0.25, -0.2) is 0 Å². The molecule has 5 nitrogen and oxygen atoms in total. The number of fused-ring (bicyclic) bond motifs is 5. The van der Waals surface area contributed by atoms with Crippen LogP contribution in [0, 0.1) is 23.7 Å². The highest BCUT2D eigenvalue weighted by Gasteiger charge is 2.58. The fourth-order valence-electron chi connectivity index (χ4n) is 3.82. The maximum atomic E-state index is 12.3. The quantitative estimate of drug-likeness (QED) is 0.567. The van der Waals surface area contributed by atoms with Crippen molar-refractivity contribution in [1.29, 1.82) is 0 Å². The van der Waals surface area contributed by atoms with Crippen LogP contribution in [0.25, 0.3) is 0 Å². The number of aliphatic hydroxyl groups excluding tert-OH is 1. The Labute approximate surface area is 117 Å². The molecule has 2 bridgehead atoms. The summed E-state index contributed by atoms with van der Waals surface area (Å²) in [5.41, 5.74) is 0. The van der Waals surface area contributed by atoms with E-state index in [9.17, 15) is 14.4 Å². The minimum absolute atomic E-state index is 0.00203. The van der Waals surface area contributed by atoms with Gasteiger partial charge in [0.1, 0.15) is 5.78 Å². The summed E-state index contributed by atoms with van der Waals surface area (Å²) in [6.45, 7) is 0.195. The Kier molecular flexibility index (Phi) is 3.46. The van der Waals surface area contributed by atoms with Crippen LogP contribution in [0.4, 0.5) is 0 Å². The summed E-state index contributed by atoms with van der Waals surface area (Å²) in [7, 11) is 0. The van der Waals surface area contributed by atoms with Crippen LogP contribution in [0.3, 0.4) is 0 Å². The van der Waals surface area contributed by atoms with E-state index in [4.69, 9.17) is 5.11 Å². The standard InChI is InChI=1S/C15H19NO4/c17-7-1-2-11(18)5-6-16-14(19)12-9-3-4-10(8-9)13(12)15(16)20/h3-4,9-10,12-13,17H,1-2,5-8H2. The summed E-state index contributed by atoms with van der Waals surface area (Å²) >= 11 is 0. The van der Waals surface area contributed by atoms with Crippen LogP contribution in [-0.2, 0) is 14.4 Å². The van der Waals surface area contributed by atoms with E-state index in [0.29, 0.717) is 12.8 Å². The first-order chi connectivity index (χ1) is 9.63. The summed E-state index contributed by atoms with van der Waals surface area (Å²) in [4.78, 5) is 37.5. The molecule has 1 aliphatic heterocycles. The zero-order chi connectivity index (χ0) is 14.3. The van der Waals surface area contributed by atoms with E-state index in [1.165, 1.54) is 4.90 Å². The molecule has 1 saturated carbocycles. The van der Waals surface area contributed by atoms with Crippen LogP contribution in [-0.4, -0.2) is 40.8 Å². The lowest BCUT2D eigenvalue weighted by molar-refractivity contribution is -0.140. The Morgan fingerprint density at radius 3 is 2.30 bits per heavy atom. The first-order valence-electron chi connectivity index (χ1n) is 7.29.